The van der Waals surface area contributed by atoms with Gasteiger partial charge in [-0.2, -0.15) is 0 Å². The molecule has 0 aliphatic carbocycles. The van der Waals surface area contributed by atoms with E-state index in [2.05, 4.69) is 5.32 Å². The van der Waals surface area contributed by atoms with Gasteiger partial charge in [0.05, 0.1) is 4.88 Å². The predicted molar refractivity (Wildman–Crippen MR) is 114 cm³/mol. The lowest BCUT2D eigenvalue weighted by Crippen LogP contribution is -2.40. The number of carbonyl (C=O) groups excluding carboxylic acids is 1. The smallest absolute Gasteiger partial charge is 0.326 e. The molecule has 0 bridgehead atoms. The number of carbonyl (C=O) groups is 2. The minimum absolute atomic E-state index is 0.367. The quantitative estimate of drug-likeness (QED) is 0.512. The number of amides is 1. The highest BCUT2D eigenvalue weighted by Gasteiger charge is 2.22. The molecule has 29 heavy (non-hydrogen) atoms. The lowest BCUT2D eigenvalue weighted by molar-refractivity contribution is -0.139. The van der Waals surface area contributed by atoms with Crippen LogP contribution in [0.25, 0.3) is 11.1 Å². The SMILES string of the molecule is CCC[C@H](NC(=O)c1ccc(C(O)c2ccccc2-c2ccccc2)s1)C(=O)O. The van der Waals surface area contributed by atoms with E-state index in [1.54, 1.807) is 12.1 Å². The van der Waals surface area contributed by atoms with Gasteiger partial charge >= 0.3 is 5.97 Å². The summed E-state index contributed by atoms with van der Waals surface area (Å²) in [5, 5.41) is 22.8. The van der Waals surface area contributed by atoms with Crippen molar-refractivity contribution < 1.29 is 19.8 Å². The van der Waals surface area contributed by atoms with Crippen molar-refractivity contribution >= 4 is 23.2 Å². The molecule has 1 amide bonds. The summed E-state index contributed by atoms with van der Waals surface area (Å²) < 4.78 is 0. The number of thiophene rings is 1. The molecule has 1 heterocycles. The Morgan fingerprint density at radius 3 is 2.38 bits per heavy atom. The molecule has 0 spiro atoms. The van der Waals surface area contributed by atoms with Crippen LogP contribution in [0.2, 0.25) is 0 Å². The monoisotopic (exact) mass is 409 g/mol. The van der Waals surface area contributed by atoms with Crippen LogP contribution in [0.15, 0.2) is 66.7 Å². The summed E-state index contributed by atoms with van der Waals surface area (Å²) in [6.07, 6.45) is 0.137. The van der Waals surface area contributed by atoms with Crippen LogP contribution in [0.4, 0.5) is 0 Å². The molecular formula is C23H23NO4S. The molecule has 3 N–H and O–H groups in total. The van der Waals surface area contributed by atoms with E-state index in [9.17, 15) is 19.8 Å². The van der Waals surface area contributed by atoms with Crippen LogP contribution in [0, 0.1) is 0 Å². The Kier molecular flexibility index (Phi) is 6.80. The van der Waals surface area contributed by atoms with E-state index in [0.717, 1.165) is 28.0 Å². The van der Waals surface area contributed by atoms with Gasteiger partial charge in [0, 0.05) is 4.88 Å². The first kappa shape index (κ1) is 20.8. The van der Waals surface area contributed by atoms with E-state index in [0.29, 0.717) is 22.6 Å². The van der Waals surface area contributed by atoms with E-state index in [1.807, 2.05) is 61.5 Å². The molecule has 0 fully saturated rings. The molecule has 1 aromatic heterocycles. The largest absolute Gasteiger partial charge is 0.480 e. The molecular weight excluding hydrogens is 386 g/mol. The van der Waals surface area contributed by atoms with Crippen molar-refractivity contribution in [2.45, 2.75) is 31.9 Å². The third-order valence-electron chi connectivity index (χ3n) is 4.64. The van der Waals surface area contributed by atoms with Crippen molar-refractivity contribution in [1.82, 2.24) is 5.32 Å². The zero-order valence-corrected chi connectivity index (χ0v) is 16.9. The minimum Gasteiger partial charge on any atom is -0.480 e. The van der Waals surface area contributed by atoms with E-state index >= 15 is 0 Å². The van der Waals surface area contributed by atoms with Gasteiger partial charge in [-0.25, -0.2) is 4.79 Å². The molecule has 0 aliphatic heterocycles. The van der Waals surface area contributed by atoms with Crippen molar-refractivity contribution in [1.29, 1.82) is 0 Å². The highest BCUT2D eigenvalue weighted by atomic mass is 32.1. The second-order valence-corrected chi connectivity index (χ2v) is 7.83. The van der Waals surface area contributed by atoms with Crippen LogP contribution in [0.3, 0.4) is 0 Å². The average molecular weight is 410 g/mol. The zero-order chi connectivity index (χ0) is 20.8. The summed E-state index contributed by atoms with van der Waals surface area (Å²) in [6, 6.07) is 19.8. The Hall–Kier alpha value is -2.96. The number of carboxylic acids is 1. The van der Waals surface area contributed by atoms with Crippen LogP contribution in [-0.2, 0) is 4.79 Å². The van der Waals surface area contributed by atoms with Crippen LogP contribution in [-0.4, -0.2) is 28.1 Å². The number of aliphatic hydroxyl groups is 1. The maximum absolute atomic E-state index is 12.4. The van der Waals surface area contributed by atoms with Crippen molar-refractivity contribution in [3.63, 3.8) is 0 Å². The lowest BCUT2D eigenvalue weighted by Gasteiger charge is -2.15. The number of benzene rings is 2. The molecule has 0 saturated heterocycles. The van der Waals surface area contributed by atoms with Crippen LogP contribution >= 0.6 is 11.3 Å². The first-order valence-corrected chi connectivity index (χ1v) is 10.3. The summed E-state index contributed by atoms with van der Waals surface area (Å²) >= 11 is 1.16. The first-order valence-electron chi connectivity index (χ1n) is 9.47. The fourth-order valence-electron chi connectivity index (χ4n) is 3.17. The second-order valence-electron chi connectivity index (χ2n) is 6.71. The van der Waals surface area contributed by atoms with Crippen molar-refractivity contribution in [2.75, 3.05) is 0 Å². The fraction of sp³-hybridized carbons (Fsp3) is 0.217. The van der Waals surface area contributed by atoms with Gasteiger partial charge in [0.2, 0.25) is 0 Å². The number of aliphatic hydroxyl groups excluding tert-OH is 1. The number of hydrogen-bond acceptors (Lipinski definition) is 4. The van der Waals surface area contributed by atoms with Crippen LogP contribution in [0.1, 0.15) is 46.0 Å². The Morgan fingerprint density at radius 1 is 1.00 bits per heavy atom. The van der Waals surface area contributed by atoms with Gasteiger partial charge in [-0.15, -0.1) is 11.3 Å². The lowest BCUT2D eigenvalue weighted by atomic mass is 9.95. The summed E-state index contributed by atoms with van der Waals surface area (Å²) in [5.74, 6) is -1.49. The highest BCUT2D eigenvalue weighted by molar-refractivity contribution is 7.14. The maximum atomic E-state index is 12.4. The molecule has 3 rings (SSSR count). The molecule has 2 aromatic carbocycles. The minimum atomic E-state index is -1.05. The average Bonchev–Trinajstić information content (AvgIpc) is 3.24. The van der Waals surface area contributed by atoms with Crippen molar-refractivity contribution in [2.24, 2.45) is 0 Å². The van der Waals surface area contributed by atoms with Gasteiger partial charge in [-0.05, 0) is 35.2 Å². The molecule has 1 unspecified atom stereocenters. The van der Waals surface area contributed by atoms with Gasteiger partial charge < -0.3 is 15.5 Å². The van der Waals surface area contributed by atoms with Gasteiger partial charge in [0.15, 0.2) is 0 Å². The third kappa shape index (κ3) is 4.91. The number of hydrogen-bond donors (Lipinski definition) is 3. The van der Waals surface area contributed by atoms with Gasteiger partial charge in [-0.1, -0.05) is 67.9 Å². The second kappa shape index (κ2) is 9.49. The van der Waals surface area contributed by atoms with Crippen molar-refractivity contribution in [3.8, 4) is 11.1 Å². The van der Waals surface area contributed by atoms with Crippen LogP contribution < -0.4 is 5.32 Å². The Morgan fingerprint density at radius 2 is 1.69 bits per heavy atom. The van der Waals surface area contributed by atoms with Crippen LogP contribution in [0.5, 0.6) is 0 Å². The normalized spacial score (nSPS) is 12.9. The summed E-state index contributed by atoms with van der Waals surface area (Å²) in [7, 11) is 0. The van der Waals surface area contributed by atoms with E-state index in [4.69, 9.17) is 0 Å². The molecule has 5 nitrogen and oxygen atoms in total. The predicted octanol–water partition coefficient (Wildman–Crippen LogP) is 4.48. The highest BCUT2D eigenvalue weighted by Crippen LogP contribution is 2.34. The summed E-state index contributed by atoms with van der Waals surface area (Å²) in [6.45, 7) is 1.87. The van der Waals surface area contributed by atoms with Gasteiger partial charge in [0.1, 0.15) is 12.1 Å². The molecule has 0 aliphatic rings. The van der Waals surface area contributed by atoms with E-state index in [-0.39, 0.29) is 0 Å². The molecule has 150 valence electrons. The van der Waals surface area contributed by atoms with E-state index in [1.165, 1.54) is 0 Å². The number of carboxylic acid groups (broad SMARTS) is 1. The summed E-state index contributed by atoms with van der Waals surface area (Å²) in [5.41, 5.74) is 2.68. The topological polar surface area (TPSA) is 86.6 Å². The number of nitrogens with one attached hydrogen (secondary N) is 1. The first-order chi connectivity index (χ1) is 14.0. The zero-order valence-electron chi connectivity index (χ0n) is 16.0. The third-order valence-corrected chi connectivity index (χ3v) is 5.78. The Labute approximate surface area is 173 Å². The van der Waals surface area contributed by atoms with Crippen molar-refractivity contribution in [3.05, 3.63) is 82.0 Å². The van der Waals surface area contributed by atoms with Gasteiger partial charge in [0.25, 0.3) is 5.91 Å². The van der Waals surface area contributed by atoms with E-state index < -0.39 is 24.0 Å². The van der Waals surface area contributed by atoms with Gasteiger partial charge in [-0.3, -0.25) is 4.79 Å². The molecule has 6 heteroatoms. The standard InChI is InChI=1S/C23H23NO4S/c1-2-8-18(23(27)28)24-22(26)20-14-13-19(29-20)21(25)17-12-7-6-11-16(17)15-9-4-3-5-10-15/h3-7,9-14,18,21,25H,2,8H2,1H3,(H,24,26)(H,27,28)/t18-,21?/m0/s1. The fourth-order valence-corrected chi connectivity index (χ4v) is 4.08. The molecule has 0 saturated carbocycles. The molecule has 0 radical (unpaired) electrons. The summed E-state index contributed by atoms with van der Waals surface area (Å²) in [4.78, 5) is 24.7. The molecule has 2 atom stereocenters. The Bertz CT molecular complexity index is 983. The Balaban J connectivity index is 1.83. The molecule has 3 aromatic rings. The number of aliphatic carboxylic acids is 1. The maximum Gasteiger partial charge on any atom is 0.326 e. The number of rotatable bonds is 8.